The quantitative estimate of drug-likeness (QED) is 0.178. The number of ether oxygens (including phenoxy) is 1. The van der Waals surface area contributed by atoms with Crippen molar-refractivity contribution in [2.45, 2.75) is 90.9 Å². The molecule has 1 aliphatic heterocycles. The first-order valence-electron chi connectivity index (χ1n) is 18.4. The molecule has 1 aliphatic rings. The Morgan fingerprint density at radius 1 is 0.870 bits per heavy atom. The lowest BCUT2D eigenvalue weighted by Crippen LogP contribution is -2.57. The second-order valence-electron chi connectivity index (χ2n) is 15.2. The van der Waals surface area contributed by atoms with Gasteiger partial charge in [0.2, 0.25) is 29.4 Å². The summed E-state index contributed by atoms with van der Waals surface area (Å²) in [6.07, 6.45) is 0.0758. The number of likely N-dealkylation sites (N-methyl/N-ethyl adjacent to an activating group) is 1. The van der Waals surface area contributed by atoms with E-state index in [-0.39, 0.29) is 37.8 Å². The van der Waals surface area contributed by atoms with Crippen LogP contribution in [0.2, 0.25) is 0 Å². The van der Waals surface area contributed by atoms with Crippen molar-refractivity contribution < 1.29 is 38.3 Å². The molecule has 1 unspecified atom stereocenters. The molecule has 14 heteroatoms. The van der Waals surface area contributed by atoms with E-state index in [1.807, 2.05) is 65.0 Å². The lowest BCUT2D eigenvalue weighted by molar-refractivity contribution is -0.143. The maximum Gasteiger partial charge on any atom is 0.407 e. The van der Waals surface area contributed by atoms with E-state index in [4.69, 9.17) is 4.74 Å². The molecule has 0 aliphatic carbocycles. The van der Waals surface area contributed by atoms with Crippen molar-refractivity contribution >= 4 is 41.4 Å². The van der Waals surface area contributed by atoms with E-state index >= 15 is 0 Å². The first-order valence-corrected chi connectivity index (χ1v) is 18.4. The minimum atomic E-state index is -1.23. The number of ketones is 1. The van der Waals surface area contributed by atoms with Crippen molar-refractivity contribution in [2.24, 2.45) is 11.3 Å². The Kier molecular flexibility index (Phi) is 15.7. The van der Waals surface area contributed by atoms with Gasteiger partial charge in [0.1, 0.15) is 18.1 Å². The van der Waals surface area contributed by atoms with Crippen molar-refractivity contribution in [2.75, 3.05) is 33.8 Å². The summed E-state index contributed by atoms with van der Waals surface area (Å²) in [6, 6.07) is 13.5. The third-order valence-corrected chi connectivity index (χ3v) is 9.19. The van der Waals surface area contributed by atoms with Crippen LogP contribution in [0, 0.1) is 11.3 Å². The number of carbonyl (C=O) groups is 7. The number of nitrogens with one attached hydrogen (secondary N) is 4. The molecule has 2 aromatic carbocycles. The van der Waals surface area contributed by atoms with Crippen LogP contribution < -0.4 is 21.3 Å². The van der Waals surface area contributed by atoms with Gasteiger partial charge in [-0.05, 0) is 35.3 Å². The molecule has 5 atom stereocenters. The molecule has 2 aromatic rings. The first kappa shape index (κ1) is 43.1. The number of benzene rings is 2. The van der Waals surface area contributed by atoms with Gasteiger partial charge in [0.05, 0.1) is 19.2 Å². The topological polar surface area (TPSA) is 183 Å². The summed E-state index contributed by atoms with van der Waals surface area (Å²) in [7, 11) is 3.11. The van der Waals surface area contributed by atoms with Crippen LogP contribution in [0.25, 0.3) is 0 Å². The molecule has 6 amide bonds. The van der Waals surface area contributed by atoms with Gasteiger partial charge in [-0.3, -0.25) is 28.8 Å². The monoisotopic (exact) mass is 748 g/mol. The highest BCUT2D eigenvalue weighted by Gasteiger charge is 2.47. The van der Waals surface area contributed by atoms with E-state index in [0.29, 0.717) is 12.0 Å². The minimum absolute atomic E-state index is 0.0765. The van der Waals surface area contributed by atoms with Gasteiger partial charge in [0.15, 0.2) is 0 Å². The Bertz CT molecular complexity index is 1630. The van der Waals surface area contributed by atoms with Crippen LogP contribution >= 0.6 is 0 Å². The Labute approximate surface area is 318 Å². The fraction of sp³-hybridized carbons (Fsp3) is 0.525. The molecule has 0 bridgehead atoms. The van der Waals surface area contributed by atoms with E-state index in [1.54, 1.807) is 51.4 Å². The summed E-state index contributed by atoms with van der Waals surface area (Å²) in [4.78, 5) is 96.1. The number of nitrogens with zero attached hydrogens (tertiary/aromatic N) is 2. The van der Waals surface area contributed by atoms with Gasteiger partial charge in [-0.2, -0.15) is 0 Å². The zero-order valence-electron chi connectivity index (χ0n) is 32.6. The highest BCUT2D eigenvalue weighted by Crippen LogP contribution is 2.36. The van der Waals surface area contributed by atoms with E-state index in [9.17, 15) is 33.6 Å². The fourth-order valence-corrected chi connectivity index (χ4v) is 6.31. The van der Waals surface area contributed by atoms with Gasteiger partial charge in [0.25, 0.3) is 5.91 Å². The number of likely N-dealkylation sites (tertiary alicyclic amines) is 1. The van der Waals surface area contributed by atoms with E-state index in [0.717, 1.165) is 5.56 Å². The van der Waals surface area contributed by atoms with Gasteiger partial charge in [0, 0.05) is 26.6 Å². The van der Waals surface area contributed by atoms with Crippen LogP contribution in [0.1, 0.15) is 83.9 Å². The van der Waals surface area contributed by atoms with Gasteiger partial charge in [-0.25, -0.2) is 4.79 Å². The summed E-state index contributed by atoms with van der Waals surface area (Å²) in [5.41, 5.74) is 0.854. The average molecular weight is 749 g/mol. The third kappa shape index (κ3) is 12.1. The highest BCUT2D eigenvalue weighted by molar-refractivity contribution is 6.38. The molecular formula is C40H56N6O8. The summed E-state index contributed by atoms with van der Waals surface area (Å²) >= 11 is 0. The molecule has 1 saturated heterocycles. The summed E-state index contributed by atoms with van der Waals surface area (Å²) in [5.74, 6) is -4.63. The maximum absolute atomic E-state index is 14.4. The molecular weight excluding hydrogens is 692 g/mol. The second kappa shape index (κ2) is 19.7. The summed E-state index contributed by atoms with van der Waals surface area (Å²) in [5, 5.41) is 10.4. The molecule has 0 spiro atoms. The van der Waals surface area contributed by atoms with Gasteiger partial charge >= 0.3 is 6.09 Å². The highest BCUT2D eigenvalue weighted by atomic mass is 16.5. The van der Waals surface area contributed by atoms with Crippen LogP contribution in [-0.2, 0) is 33.5 Å². The van der Waals surface area contributed by atoms with Crippen molar-refractivity contribution in [3.8, 4) is 0 Å². The Morgan fingerprint density at radius 3 is 2.02 bits per heavy atom. The van der Waals surface area contributed by atoms with Crippen LogP contribution in [0.4, 0.5) is 4.79 Å². The standard InChI is InChI=1S/C40H56N6O8/c1-9-16-29(34(48)36(50)41-22-31(47)43-33(37(51)45(7)8)28-19-14-11-15-20-28)42-35(49)30-21-40(5,6)24-46(30)38(52)32(44-39(53)54-23-25(2)3)26(4)27-17-12-10-13-18-27/h10-15,17-20,25-26,29-30,32-33H,9,16,21-24H2,1-8H3,(H,41,50)(H,42,49)(H,43,47)(H,44,53)/t26-,29?,30-,32-,33-/m0/s1. The fourth-order valence-electron chi connectivity index (χ4n) is 6.31. The maximum atomic E-state index is 14.4. The Morgan fingerprint density at radius 2 is 1.46 bits per heavy atom. The number of hydrogen-bond acceptors (Lipinski definition) is 8. The molecule has 3 rings (SSSR count). The van der Waals surface area contributed by atoms with Crippen molar-refractivity contribution in [1.82, 2.24) is 31.1 Å². The zero-order valence-corrected chi connectivity index (χ0v) is 32.6. The molecule has 1 heterocycles. The van der Waals surface area contributed by atoms with E-state index in [2.05, 4.69) is 21.3 Å². The predicted molar refractivity (Wildman–Crippen MR) is 203 cm³/mol. The number of Topliss-reactive ketones (excluding diaryl/α,β-unsaturated/α-hetero) is 1. The van der Waals surface area contributed by atoms with Crippen LogP contribution in [-0.4, -0.2) is 103 Å². The SMILES string of the molecule is CCCC(NC(=O)[C@@H]1CC(C)(C)CN1C(=O)[C@@H](NC(=O)OCC(C)C)[C@@H](C)c1ccccc1)C(=O)C(=O)NCC(=O)N[C@H](C(=O)N(C)C)c1ccccc1. The van der Waals surface area contributed by atoms with Gasteiger partial charge in [-0.1, -0.05) is 109 Å². The smallest absolute Gasteiger partial charge is 0.407 e. The minimum Gasteiger partial charge on any atom is -0.449 e. The van der Waals surface area contributed by atoms with Gasteiger partial charge in [-0.15, -0.1) is 0 Å². The zero-order chi connectivity index (χ0) is 40.2. The largest absolute Gasteiger partial charge is 0.449 e. The lowest BCUT2D eigenvalue weighted by Gasteiger charge is -2.32. The molecule has 0 saturated carbocycles. The van der Waals surface area contributed by atoms with Gasteiger partial charge < -0.3 is 35.8 Å². The summed E-state index contributed by atoms with van der Waals surface area (Å²) < 4.78 is 5.35. The van der Waals surface area contributed by atoms with Crippen LogP contribution in [0.3, 0.4) is 0 Å². The van der Waals surface area contributed by atoms with Crippen LogP contribution in [0.15, 0.2) is 60.7 Å². The second-order valence-corrected chi connectivity index (χ2v) is 15.2. The normalized spacial score (nSPS) is 17.0. The predicted octanol–water partition coefficient (Wildman–Crippen LogP) is 3.08. The number of hydrogen-bond donors (Lipinski definition) is 4. The first-order chi connectivity index (χ1) is 25.4. The van der Waals surface area contributed by atoms with Crippen molar-refractivity contribution in [3.05, 3.63) is 71.8 Å². The molecule has 294 valence electrons. The number of alkyl carbamates (subject to hydrolysis) is 1. The van der Waals surface area contributed by atoms with E-state index < -0.39 is 77.6 Å². The summed E-state index contributed by atoms with van der Waals surface area (Å²) in [6.45, 7) is 11.0. The molecule has 54 heavy (non-hydrogen) atoms. The number of carbonyl (C=O) groups excluding carboxylic acids is 7. The van der Waals surface area contributed by atoms with E-state index in [1.165, 1.54) is 9.80 Å². The average Bonchev–Trinajstić information content (AvgIpc) is 3.48. The van der Waals surface area contributed by atoms with Crippen molar-refractivity contribution in [3.63, 3.8) is 0 Å². The number of rotatable bonds is 17. The molecule has 14 nitrogen and oxygen atoms in total. The molecule has 0 radical (unpaired) electrons. The van der Waals surface area contributed by atoms with Crippen LogP contribution in [0.5, 0.6) is 0 Å². The molecule has 0 aromatic heterocycles. The van der Waals surface area contributed by atoms with Crippen molar-refractivity contribution in [1.29, 1.82) is 0 Å². The molecule has 1 fully saturated rings. The Hall–Kier alpha value is -5.27. The third-order valence-electron chi connectivity index (χ3n) is 9.19. The molecule has 4 N–H and O–H groups in total. The Balaban J connectivity index is 1.75. The number of amides is 6. The lowest BCUT2D eigenvalue weighted by atomic mass is 9.90.